The molecule has 0 spiro atoms. The maximum atomic E-state index is 13.5. The van der Waals surface area contributed by atoms with E-state index in [0.717, 1.165) is 18.2 Å². The zero-order chi connectivity index (χ0) is 19.8. The van der Waals surface area contributed by atoms with E-state index in [1.165, 1.54) is 6.92 Å². The molecule has 6 nitrogen and oxygen atoms in total. The van der Waals surface area contributed by atoms with Crippen LogP contribution in [-0.4, -0.2) is 24.4 Å². The summed E-state index contributed by atoms with van der Waals surface area (Å²) >= 11 is 0. The van der Waals surface area contributed by atoms with Gasteiger partial charge in [0, 0.05) is 13.0 Å². The SMILES string of the molecule is CC(=O)N[C@H](CC(=O)OCC(=O)Nc1cc(F)ccc1F)c1ccccc1. The van der Waals surface area contributed by atoms with Gasteiger partial charge in [-0.15, -0.1) is 0 Å². The molecule has 27 heavy (non-hydrogen) atoms. The number of anilines is 1. The van der Waals surface area contributed by atoms with E-state index < -0.39 is 36.2 Å². The Hall–Kier alpha value is -3.29. The molecule has 0 heterocycles. The summed E-state index contributed by atoms with van der Waals surface area (Å²) in [5, 5.41) is 4.76. The van der Waals surface area contributed by atoms with E-state index in [9.17, 15) is 23.2 Å². The van der Waals surface area contributed by atoms with E-state index in [2.05, 4.69) is 10.6 Å². The summed E-state index contributed by atoms with van der Waals surface area (Å²) in [7, 11) is 0. The summed E-state index contributed by atoms with van der Waals surface area (Å²) in [5.41, 5.74) is 0.354. The monoisotopic (exact) mass is 376 g/mol. The van der Waals surface area contributed by atoms with Crippen molar-refractivity contribution in [2.45, 2.75) is 19.4 Å². The maximum absolute atomic E-state index is 13.5. The van der Waals surface area contributed by atoms with Crippen LogP contribution in [0.1, 0.15) is 24.9 Å². The Balaban J connectivity index is 1.90. The number of carbonyl (C=O) groups is 3. The second kappa shape index (κ2) is 9.42. The van der Waals surface area contributed by atoms with Crippen molar-refractivity contribution in [3.8, 4) is 0 Å². The van der Waals surface area contributed by atoms with Gasteiger partial charge in [-0.25, -0.2) is 8.78 Å². The van der Waals surface area contributed by atoms with Crippen molar-refractivity contribution in [1.29, 1.82) is 0 Å². The van der Waals surface area contributed by atoms with Crippen LogP contribution in [0, 0.1) is 11.6 Å². The van der Waals surface area contributed by atoms with Crippen LogP contribution in [0.2, 0.25) is 0 Å². The first kappa shape index (κ1) is 20.0. The fourth-order valence-corrected chi connectivity index (χ4v) is 2.33. The molecule has 2 aromatic rings. The van der Waals surface area contributed by atoms with Gasteiger partial charge in [-0.1, -0.05) is 30.3 Å². The summed E-state index contributed by atoms with van der Waals surface area (Å²) in [6.45, 7) is 0.651. The lowest BCUT2D eigenvalue weighted by Gasteiger charge is -2.17. The minimum absolute atomic E-state index is 0.189. The van der Waals surface area contributed by atoms with Crippen molar-refractivity contribution in [1.82, 2.24) is 5.32 Å². The standard InChI is InChI=1S/C19H18F2N2O4/c1-12(24)22-16(13-5-3-2-4-6-13)10-19(26)27-11-18(25)23-17-9-14(20)7-8-15(17)21/h2-9,16H,10-11H2,1H3,(H,22,24)(H,23,25)/t16-/m1/s1. The molecular formula is C19H18F2N2O4. The molecule has 0 saturated carbocycles. The summed E-state index contributed by atoms with van der Waals surface area (Å²) in [6, 6.07) is 10.8. The first-order valence-electron chi connectivity index (χ1n) is 8.07. The van der Waals surface area contributed by atoms with Crippen molar-refractivity contribution >= 4 is 23.5 Å². The molecule has 8 heteroatoms. The highest BCUT2D eigenvalue weighted by molar-refractivity contribution is 5.93. The normalized spacial score (nSPS) is 11.4. The van der Waals surface area contributed by atoms with Gasteiger partial charge in [-0.05, 0) is 17.7 Å². The quantitative estimate of drug-likeness (QED) is 0.728. The Labute approximate surface area is 154 Å². The van der Waals surface area contributed by atoms with E-state index in [0.29, 0.717) is 5.56 Å². The number of ether oxygens (including phenoxy) is 1. The number of amides is 2. The maximum Gasteiger partial charge on any atom is 0.308 e. The fourth-order valence-electron chi connectivity index (χ4n) is 2.33. The highest BCUT2D eigenvalue weighted by Gasteiger charge is 2.19. The van der Waals surface area contributed by atoms with E-state index in [-0.39, 0.29) is 18.0 Å². The summed E-state index contributed by atoms with van der Waals surface area (Å²) in [5.74, 6) is -3.40. The third kappa shape index (κ3) is 6.50. The number of esters is 1. The van der Waals surface area contributed by atoms with Crippen molar-refractivity contribution in [3.63, 3.8) is 0 Å². The molecule has 1 atom stereocenters. The summed E-state index contributed by atoms with van der Waals surface area (Å²) in [6.07, 6.45) is -0.189. The van der Waals surface area contributed by atoms with Crippen LogP contribution in [0.3, 0.4) is 0 Å². The number of nitrogens with one attached hydrogen (secondary N) is 2. The largest absolute Gasteiger partial charge is 0.455 e. The molecule has 0 saturated heterocycles. The Morgan fingerprint density at radius 1 is 1.07 bits per heavy atom. The highest BCUT2D eigenvalue weighted by atomic mass is 19.1. The fraction of sp³-hybridized carbons (Fsp3) is 0.211. The topological polar surface area (TPSA) is 84.5 Å². The lowest BCUT2D eigenvalue weighted by atomic mass is 10.0. The molecule has 2 N–H and O–H groups in total. The number of hydrogen-bond acceptors (Lipinski definition) is 4. The summed E-state index contributed by atoms with van der Waals surface area (Å²) in [4.78, 5) is 35.1. The van der Waals surface area contributed by atoms with Gasteiger partial charge >= 0.3 is 5.97 Å². The van der Waals surface area contributed by atoms with Crippen molar-refractivity contribution in [2.24, 2.45) is 0 Å². The van der Waals surface area contributed by atoms with Crippen LogP contribution in [0.4, 0.5) is 14.5 Å². The Morgan fingerprint density at radius 2 is 1.78 bits per heavy atom. The Bertz CT molecular complexity index is 828. The van der Waals surface area contributed by atoms with Crippen molar-refractivity contribution in [3.05, 3.63) is 65.7 Å². The molecule has 0 bridgehead atoms. The van der Waals surface area contributed by atoms with Gasteiger partial charge in [0.05, 0.1) is 18.2 Å². The third-order valence-corrected chi connectivity index (χ3v) is 3.52. The van der Waals surface area contributed by atoms with Gasteiger partial charge in [0.1, 0.15) is 11.6 Å². The van der Waals surface area contributed by atoms with Gasteiger partial charge in [-0.2, -0.15) is 0 Å². The molecule has 0 fully saturated rings. The van der Waals surface area contributed by atoms with E-state index in [4.69, 9.17) is 4.74 Å². The van der Waals surface area contributed by atoms with Gasteiger partial charge in [0.2, 0.25) is 5.91 Å². The molecule has 0 aliphatic heterocycles. The average Bonchev–Trinajstić information content (AvgIpc) is 2.63. The predicted octanol–water partition coefficient (Wildman–Crippen LogP) is 2.71. The molecule has 0 aromatic heterocycles. The van der Waals surface area contributed by atoms with Crippen LogP contribution >= 0.6 is 0 Å². The third-order valence-electron chi connectivity index (χ3n) is 3.52. The minimum Gasteiger partial charge on any atom is -0.455 e. The van der Waals surface area contributed by atoms with Crippen LogP contribution < -0.4 is 10.6 Å². The molecule has 142 valence electrons. The molecule has 2 rings (SSSR count). The Morgan fingerprint density at radius 3 is 2.44 bits per heavy atom. The minimum atomic E-state index is -0.816. The first-order valence-corrected chi connectivity index (χ1v) is 8.07. The van der Waals surface area contributed by atoms with Gasteiger partial charge < -0.3 is 15.4 Å². The van der Waals surface area contributed by atoms with Crippen molar-refractivity contribution in [2.75, 3.05) is 11.9 Å². The Kier molecular flexibility index (Phi) is 6.99. The number of benzene rings is 2. The smallest absolute Gasteiger partial charge is 0.308 e. The zero-order valence-corrected chi connectivity index (χ0v) is 14.5. The number of carbonyl (C=O) groups excluding carboxylic acids is 3. The predicted molar refractivity (Wildman–Crippen MR) is 93.6 cm³/mol. The highest BCUT2D eigenvalue weighted by Crippen LogP contribution is 2.18. The van der Waals surface area contributed by atoms with E-state index in [1.807, 2.05) is 0 Å². The lowest BCUT2D eigenvalue weighted by molar-refractivity contribution is -0.148. The molecule has 0 aliphatic carbocycles. The van der Waals surface area contributed by atoms with Crippen LogP contribution in [0.25, 0.3) is 0 Å². The summed E-state index contributed by atoms with van der Waals surface area (Å²) < 4.78 is 31.4. The molecule has 0 aliphatic rings. The molecule has 0 unspecified atom stereocenters. The molecular weight excluding hydrogens is 358 g/mol. The number of halogens is 2. The van der Waals surface area contributed by atoms with Crippen LogP contribution in [-0.2, 0) is 19.1 Å². The van der Waals surface area contributed by atoms with E-state index in [1.54, 1.807) is 30.3 Å². The first-order chi connectivity index (χ1) is 12.8. The number of hydrogen-bond donors (Lipinski definition) is 2. The van der Waals surface area contributed by atoms with Crippen molar-refractivity contribution < 1.29 is 27.9 Å². The lowest BCUT2D eigenvalue weighted by Crippen LogP contribution is -2.29. The second-order valence-corrected chi connectivity index (χ2v) is 5.70. The van der Waals surface area contributed by atoms with Gasteiger partial charge in [-0.3, -0.25) is 14.4 Å². The second-order valence-electron chi connectivity index (χ2n) is 5.70. The average molecular weight is 376 g/mol. The zero-order valence-electron chi connectivity index (χ0n) is 14.5. The van der Waals surface area contributed by atoms with Crippen LogP contribution in [0.5, 0.6) is 0 Å². The van der Waals surface area contributed by atoms with Gasteiger partial charge in [0.15, 0.2) is 6.61 Å². The van der Waals surface area contributed by atoms with Crippen LogP contribution in [0.15, 0.2) is 48.5 Å². The number of rotatable bonds is 7. The van der Waals surface area contributed by atoms with Gasteiger partial charge in [0.25, 0.3) is 5.91 Å². The van der Waals surface area contributed by atoms with E-state index >= 15 is 0 Å². The molecule has 2 amide bonds. The molecule has 0 radical (unpaired) electrons. The molecule has 2 aromatic carbocycles.